The second kappa shape index (κ2) is 5.69. The van der Waals surface area contributed by atoms with Crippen LogP contribution in [0.25, 0.3) is 0 Å². The number of hydrogen-bond donors (Lipinski definition) is 3. The van der Waals surface area contributed by atoms with E-state index in [-0.39, 0.29) is 17.9 Å². The van der Waals surface area contributed by atoms with Crippen LogP contribution in [0.2, 0.25) is 0 Å². The minimum Gasteiger partial charge on any atom is -0.508 e. The molecule has 0 heterocycles. The van der Waals surface area contributed by atoms with Gasteiger partial charge in [-0.1, -0.05) is 6.07 Å². The molecule has 0 bridgehead atoms. The predicted molar refractivity (Wildman–Crippen MR) is 71.4 cm³/mol. The van der Waals surface area contributed by atoms with Gasteiger partial charge in [0.2, 0.25) is 0 Å². The molecule has 0 radical (unpaired) electrons. The quantitative estimate of drug-likeness (QED) is 0.763. The van der Waals surface area contributed by atoms with Gasteiger partial charge >= 0.3 is 0 Å². The van der Waals surface area contributed by atoms with Crippen molar-refractivity contribution in [3.05, 3.63) is 29.3 Å². The van der Waals surface area contributed by atoms with Crippen molar-refractivity contribution < 1.29 is 15.3 Å². The Morgan fingerprint density at radius 3 is 2.39 bits per heavy atom. The average molecular weight is 253 g/mol. The topological polar surface area (TPSA) is 63.9 Å². The molecule has 18 heavy (non-hydrogen) atoms. The highest BCUT2D eigenvalue weighted by molar-refractivity contribution is 5.36. The maximum atomic E-state index is 10.2. The van der Waals surface area contributed by atoms with Gasteiger partial charge < -0.3 is 15.3 Å². The van der Waals surface area contributed by atoms with Crippen LogP contribution in [-0.4, -0.2) is 39.4 Å². The molecule has 0 spiro atoms. The number of aromatic hydroxyl groups is 1. The van der Waals surface area contributed by atoms with Crippen LogP contribution in [0.15, 0.2) is 18.2 Å². The summed E-state index contributed by atoms with van der Waals surface area (Å²) >= 11 is 0. The fourth-order valence-electron chi connectivity index (χ4n) is 1.58. The minimum absolute atomic E-state index is 0.0162. The number of benzene rings is 1. The first-order valence-electron chi connectivity index (χ1n) is 6.07. The van der Waals surface area contributed by atoms with Crippen molar-refractivity contribution in [2.45, 2.75) is 39.0 Å². The molecule has 3 N–H and O–H groups in total. The second-order valence-electron chi connectivity index (χ2n) is 5.61. The minimum atomic E-state index is -0.639. The Kier molecular flexibility index (Phi) is 4.73. The van der Waals surface area contributed by atoms with Gasteiger partial charge in [-0.25, -0.2) is 0 Å². The molecule has 4 heteroatoms. The fourth-order valence-corrected chi connectivity index (χ4v) is 1.58. The van der Waals surface area contributed by atoms with Crippen molar-refractivity contribution in [1.82, 2.24) is 4.90 Å². The summed E-state index contributed by atoms with van der Waals surface area (Å²) in [5, 5.41) is 28.7. The summed E-state index contributed by atoms with van der Waals surface area (Å²) in [6.45, 7) is 6.50. The smallest absolute Gasteiger partial charge is 0.121 e. The summed E-state index contributed by atoms with van der Waals surface area (Å²) in [5.41, 5.74) is 1.12. The molecule has 0 saturated carbocycles. The molecule has 102 valence electrons. The Balaban J connectivity index is 2.81. The normalized spacial score (nSPS) is 13.9. The summed E-state index contributed by atoms with van der Waals surface area (Å²) in [4.78, 5) is 2.06. The van der Waals surface area contributed by atoms with Crippen LogP contribution in [0.1, 0.15) is 38.0 Å². The van der Waals surface area contributed by atoms with Gasteiger partial charge in [0, 0.05) is 17.6 Å². The molecule has 1 rings (SSSR count). The van der Waals surface area contributed by atoms with Gasteiger partial charge in [-0.05, 0) is 45.5 Å². The van der Waals surface area contributed by atoms with Crippen LogP contribution in [0.4, 0.5) is 0 Å². The zero-order chi connectivity index (χ0) is 13.9. The molecule has 1 aromatic rings. The molecule has 4 nitrogen and oxygen atoms in total. The van der Waals surface area contributed by atoms with E-state index in [1.165, 1.54) is 6.07 Å². The van der Waals surface area contributed by atoms with E-state index < -0.39 is 6.10 Å². The van der Waals surface area contributed by atoms with Gasteiger partial charge in [0.15, 0.2) is 0 Å². The fraction of sp³-hybridized carbons (Fsp3) is 0.571. The third-order valence-corrected chi connectivity index (χ3v) is 3.25. The predicted octanol–water partition coefficient (Wildman–Crippen LogP) is 1.65. The standard InChI is InChI=1S/C14H23NO3/c1-14(2,3)15(4)8-13(18)10-5-6-12(17)11(7-10)9-16/h5-7,13,16-18H,8-9H2,1-4H3. The SMILES string of the molecule is CN(CC(O)c1ccc(O)c(CO)c1)C(C)(C)C. The first kappa shape index (κ1) is 15.0. The van der Waals surface area contributed by atoms with Gasteiger partial charge in [0.25, 0.3) is 0 Å². The summed E-state index contributed by atoms with van der Waals surface area (Å²) in [7, 11) is 1.95. The van der Waals surface area contributed by atoms with Gasteiger partial charge in [-0.2, -0.15) is 0 Å². The zero-order valence-electron chi connectivity index (χ0n) is 11.5. The van der Waals surface area contributed by atoms with Crippen LogP contribution >= 0.6 is 0 Å². The van der Waals surface area contributed by atoms with Gasteiger partial charge in [0.1, 0.15) is 5.75 Å². The highest BCUT2D eigenvalue weighted by Gasteiger charge is 2.20. The Bertz CT molecular complexity index is 399. The second-order valence-corrected chi connectivity index (χ2v) is 5.61. The molecule has 0 aliphatic heterocycles. The monoisotopic (exact) mass is 253 g/mol. The third-order valence-electron chi connectivity index (χ3n) is 3.25. The van der Waals surface area contributed by atoms with Gasteiger partial charge in [0.05, 0.1) is 12.7 Å². The molecular weight excluding hydrogens is 230 g/mol. The van der Waals surface area contributed by atoms with Crippen LogP contribution in [-0.2, 0) is 6.61 Å². The highest BCUT2D eigenvalue weighted by Crippen LogP contribution is 2.24. The Morgan fingerprint density at radius 2 is 1.89 bits per heavy atom. The summed E-state index contributed by atoms with van der Waals surface area (Å²) in [5.74, 6) is 0.0534. The van der Waals surface area contributed by atoms with E-state index in [0.29, 0.717) is 17.7 Å². The summed E-state index contributed by atoms with van der Waals surface area (Å²) in [6.07, 6.45) is -0.639. The van der Waals surface area contributed by atoms with Crippen LogP contribution < -0.4 is 0 Å². The molecule has 0 aliphatic carbocycles. The molecule has 0 saturated heterocycles. The van der Waals surface area contributed by atoms with E-state index in [4.69, 9.17) is 5.11 Å². The molecule has 0 fully saturated rings. The molecule has 1 aromatic carbocycles. The van der Waals surface area contributed by atoms with Crippen molar-refractivity contribution in [2.24, 2.45) is 0 Å². The lowest BCUT2D eigenvalue weighted by Gasteiger charge is -2.33. The number of hydrogen-bond acceptors (Lipinski definition) is 4. The first-order chi connectivity index (χ1) is 8.25. The van der Waals surface area contributed by atoms with Crippen LogP contribution in [0.5, 0.6) is 5.75 Å². The lowest BCUT2D eigenvalue weighted by Crippen LogP contribution is -2.40. The van der Waals surface area contributed by atoms with E-state index in [2.05, 4.69) is 25.7 Å². The zero-order valence-corrected chi connectivity index (χ0v) is 11.5. The van der Waals surface area contributed by atoms with E-state index in [1.54, 1.807) is 12.1 Å². The van der Waals surface area contributed by atoms with E-state index in [1.807, 2.05) is 7.05 Å². The lowest BCUT2D eigenvalue weighted by atomic mass is 10.0. The lowest BCUT2D eigenvalue weighted by molar-refractivity contribution is 0.0788. The number of β-amino-alcohol motifs (C(OH)–C–C–N with tert-alkyl or cyclic N) is 1. The van der Waals surface area contributed by atoms with E-state index in [9.17, 15) is 10.2 Å². The molecule has 0 aliphatic rings. The Labute approximate surface area is 108 Å². The van der Waals surface area contributed by atoms with Crippen molar-refractivity contribution >= 4 is 0 Å². The number of nitrogens with zero attached hydrogens (tertiary/aromatic N) is 1. The summed E-state index contributed by atoms with van der Waals surface area (Å²) < 4.78 is 0. The summed E-state index contributed by atoms with van der Waals surface area (Å²) in [6, 6.07) is 4.81. The van der Waals surface area contributed by atoms with E-state index in [0.717, 1.165) is 0 Å². The largest absolute Gasteiger partial charge is 0.508 e. The van der Waals surface area contributed by atoms with Crippen molar-refractivity contribution in [3.63, 3.8) is 0 Å². The highest BCUT2D eigenvalue weighted by atomic mass is 16.3. The molecule has 0 amide bonds. The molecule has 1 unspecified atom stereocenters. The third kappa shape index (κ3) is 3.70. The maximum absolute atomic E-state index is 10.2. The molecule has 0 aromatic heterocycles. The number of likely N-dealkylation sites (N-methyl/N-ethyl adjacent to an activating group) is 1. The van der Waals surface area contributed by atoms with Gasteiger partial charge in [-0.15, -0.1) is 0 Å². The number of aliphatic hydroxyl groups is 2. The number of aliphatic hydroxyl groups excluding tert-OH is 2. The Morgan fingerprint density at radius 1 is 1.28 bits per heavy atom. The van der Waals surface area contributed by atoms with Crippen LogP contribution in [0.3, 0.4) is 0 Å². The maximum Gasteiger partial charge on any atom is 0.121 e. The van der Waals surface area contributed by atoms with Crippen molar-refractivity contribution in [2.75, 3.05) is 13.6 Å². The van der Waals surface area contributed by atoms with Crippen LogP contribution in [0, 0.1) is 0 Å². The average Bonchev–Trinajstić information content (AvgIpc) is 2.28. The number of phenols is 1. The molecule has 1 atom stereocenters. The molecular formula is C14H23NO3. The number of rotatable bonds is 4. The first-order valence-corrected chi connectivity index (χ1v) is 6.07. The Hall–Kier alpha value is -1.10. The van der Waals surface area contributed by atoms with Crippen molar-refractivity contribution in [3.8, 4) is 5.75 Å². The van der Waals surface area contributed by atoms with Gasteiger partial charge in [-0.3, -0.25) is 4.90 Å². The van der Waals surface area contributed by atoms with E-state index >= 15 is 0 Å². The van der Waals surface area contributed by atoms with Crippen molar-refractivity contribution in [1.29, 1.82) is 0 Å².